The topological polar surface area (TPSA) is 70.2 Å². The predicted molar refractivity (Wildman–Crippen MR) is 98.5 cm³/mol. The van der Waals surface area contributed by atoms with Gasteiger partial charge in [0.1, 0.15) is 5.75 Å². The van der Waals surface area contributed by atoms with Crippen molar-refractivity contribution in [1.29, 1.82) is 0 Å². The molecule has 0 spiro atoms. The molecule has 1 aromatic rings. The molecular weight excluding hydrogens is 342 g/mol. The van der Waals surface area contributed by atoms with Gasteiger partial charge in [0.15, 0.2) is 0 Å². The second-order valence-corrected chi connectivity index (χ2v) is 8.14. The van der Waals surface area contributed by atoms with Crippen LogP contribution in [0.5, 0.6) is 5.75 Å². The average Bonchev–Trinajstić information content (AvgIpc) is 2.60. The molecular formula is C17H27N3O4S. The standard InChI is InChI=1S/C17H27N3O4S/c1-4-9-20(25(3,22)23)14-17(21)19-12-10-18(11-13-19)15-5-7-16(24-2)8-6-15/h5-8H,4,9-14H2,1-3H3. The van der Waals surface area contributed by atoms with E-state index in [1.807, 2.05) is 31.2 Å². The molecule has 1 aliphatic rings. The van der Waals surface area contributed by atoms with Crippen LogP contribution in [-0.4, -0.2) is 76.2 Å². The highest BCUT2D eigenvalue weighted by Gasteiger charge is 2.25. The van der Waals surface area contributed by atoms with E-state index in [1.165, 1.54) is 4.31 Å². The number of methoxy groups -OCH3 is 1. The van der Waals surface area contributed by atoms with Gasteiger partial charge in [-0.05, 0) is 30.7 Å². The summed E-state index contributed by atoms with van der Waals surface area (Å²) in [5.74, 6) is 0.683. The van der Waals surface area contributed by atoms with Crippen LogP contribution in [0.15, 0.2) is 24.3 Å². The molecule has 25 heavy (non-hydrogen) atoms. The maximum Gasteiger partial charge on any atom is 0.238 e. The molecule has 0 N–H and O–H groups in total. The van der Waals surface area contributed by atoms with Gasteiger partial charge < -0.3 is 14.5 Å². The number of hydrogen-bond donors (Lipinski definition) is 0. The highest BCUT2D eigenvalue weighted by molar-refractivity contribution is 7.88. The number of rotatable bonds is 7. The summed E-state index contributed by atoms with van der Waals surface area (Å²) in [5, 5.41) is 0. The van der Waals surface area contributed by atoms with Crippen LogP contribution in [0.1, 0.15) is 13.3 Å². The molecule has 8 heteroatoms. The van der Waals surface area contributed by atoms with E-state index in [-0.39, 0.29) is 12.5 Å². The lowest BCUT2D eigenvalue weighted by molar-refractivity contribution is -0.131. The lowest BCUT2D eigenvalue weighted by Crippen LogP contribution is -2.51. The predicted octanol–water partition coefficient (Wildman–Crippen LogP) is 1.02. The smallest absolute Gasteiger partial charge is 0.238 e. The van der Waals surface area contributed by atoms with Gasteiger partial charge in [0, 0.05) is 38.4 Å². The first kappa shape index (κ1) is 19.5. The van der Waals surface area contributed by atoms with Gasteiger partial charge in [0.05, 0.1) is 19.9 Å². The maximum absolute atomic E-state index is 12.4. The van der Waals surface area contributed by atoms with E-state index in [9.17, 15) is 13.2 Å². The van der Waals surface area contributed by atoms with Crippen LogP contribution in [0.25, 0.3) is 0 Å². The summed E-state index contributed by atoms with van der Waals surface area (Å²) in [7, 11) is -1.72. The van der Waals surface area contributed by atoms with E-state index in [4.69, 9.17) is 4.74 Å². The molecule has 0 unspecified atom stereocenters. The Kier molecular flexibility index (Phi) is 6.66. The largest absolute Gasteiger partial charge is 0.497 e. The molecule has 2 rings (SSSR count). The first-order chi connectivity index (χ1) is 11.8. The number of sulfonamides is 1. The van der Waals surface area contributed by atoms with Crippen LogP contribution in [0.2, 0.25) is 0 Å². The fourth-order valence-electron chi connectivity index (χ4n) is 2.87. The van der Waals surface area contributed by atoms with Crippen LogP contribution >= 0.6 is 0 Å². The first-order valence-corrected chi connectivity index (χ1v) is 10.3. The lowest BCUT2D eigenvalue weighted by atomic mass is 10.2. The molecule has 0 saturated carbocycles. The van der Waals surface area contributed by atoms with Crippen molar-refractivity contribution in [2.24, 2.45) is 0 Å². The van der Waals surface area contributed by atoms with Gasteiger partial charge in [-0.3, -0.25) is 4.79 Å². The Hall–Kier alpha value is -1.80. The minimum atomic E-state index is -3.36. The summed E-state index contributed by atoms with van der Waals surface area (Å²) in [5.41, 5.74) is 1.09. The van der Waals surface area contributed by atoms with E-state index in [2.05, 4.69) is 4.90 Å². The van der Waals surface area contributed by atoms with Crippen LogP contribution in [-0.2, 0) is 14.8 Å². The number of carbonyl (C=O) groups excluding carboxylic acids is 1. The van der Waals surface area contributed by atoms with Crippen molar-refractivity contribution < 1.29 is 17.9 Å². The summed E-state index contributed by atoms with van der Waals surface area (Å²) < 4.78 is 30.0. The van der Waals surface area contributed by atoms with Crippen LogP contribution in [0.3, 0.4) is 0 Å². The minimum Gasteiger partial charge on any atom is -0.497 e. The number of piperazine rings is 1. The van der Waals surface area contributed by atoms with E-state index in [0.717, 1.165) is 30.8 Å². The Bertz CT molecular complexity index is 668. The minimum absolute atomic E-state index is 0.0742. The van der Waals surface area contributed by atoms with E-state index >= 15 is 0 Å². The normalized spacial score (nSPS) is 15.5. The Labute approximate surface area is 150 Å². The van der Waals surface area contributed by atoms with Gasteiger partial charge in [0.25, 0.3) is 0 Å². The number of nitrogens with zero attached hydrogens (tertiary/aromatic N) is 3. The Morgan fingerprint density at radius 1 is 1.16 bits per heavy atom. The van der Waals surface area contributed by atoms with E-state index in [0.29, 0.717) is 26.1 Å². The molecule has 140 valence electrons. The van der Waals surface area contributed by atoms with Crippen molar-refractivity contribution in [3.8, 4) is 5.75 Å². The molecule has 0 aliphatic carbocycles. The van der Waals surface area contributed by atoms with Gasteiger partial charge in [-0.15, -0.1) is 0 Å². The van der Waals surface area contributed by atoms with Gasteiger partial charge in [-0.25, -0.2) is 8.42 Å². The third kappa shape index (κ3) is 5.34. The maximum atomic E-state index is 12.4. The summed E-state index contributed by atoms with van der Waals surface area (Å²) in [6, 6.07) is 7.84. The zero-order valence-corrected chi connectivity index (χ0v) is 16.0. The summed E-state index contributed by atoms with van der Waals surface area (Å²) >= 11 is 0. The van der Waals surface area contributed by atoms with Crippen molar-refractivity contribution >= 4 is 21.6 Å². The first-order valence-electron chi connectivity index (χ1n) is 8.47. The second-order valence-electron chi connectivity index (χ2n) is 6.16. The third-order valence-electron chi connectivity index (χ3n) is 4.32. The van der Waals surface area contributed by atoms with Gasteiger partial charge in [-0.1, -0.05) is 6.92 Å². The van der Waals surface area contributed by atoms with Crippen LogP contribution in [0, 0.1) is 0 Å². The zero-order valence-electron chi connectivity index (χ0n) is 15.1. The third-order valence-corrected chi connectivity index (χ3v) is 5.57. The highest BCUT2D eigenvalue weighted by atomic mass is 32.2. The zero-order chi connectivity index (χ0) is 18.4. The number of anilines is 1. The fraction of sp³-hybridized carbons (Fsp3) is 0.588. The fourth-order valence-corrected chi connectivity index (χ4v) is 3.73. The quantitative estimate of drug-likeness (QED) is 0.718. The van der Waals surface area contributed by atoms with Gasteiger partial charge in [0.2, 0.25) is 15.9 Å². The molecule has 1 aromatic carbocycles. The van der Waals surface area contributed by atoms with Crippen molar-refractivity contribution in [2.75, 3.05) is 57.5 Å². The van der Waals surface area contributed by atoms with Crippen molar-refractivity contribution in [3.05, 3.63) is 24.3 Å². The van der Waals surface area contributed by atoms with Gasteiger partial charge in [-0.2, -0.15) is 4.31 Å². The van der Waals surface area contributed by atoms with E-state index < -0.39 is 10.0 Å². The molecule has 1 amide bonds. The lowest BCUT2D eigenvalue weighted by Gasteiger charge is -2.36. The monoisotopic (exact) mass is 369 g/mol. The number of benzene rings is 1. The molecule has 1 aliphatic heterocycles. The molecule has 0 atom stereocenters. The van der Waals surface area contributed by atoms with Gasteiger partial charge >= 0.3 is 0 Å². The van der Waals surface area contributed by atoms with Crippen molar-refractivity contribution in [3.63, 3.8) is 0 Å². The summed E-state index contributed by atoms with van der Waals surface area (Å²) in [6.45, 7) is 4.83. The highest BCUT2D eigenvalue weighted by Crippen LogP contribution is 2.20. The average molecular weight is 369 g/mol. The molecule has 1 saturated heterocycles. The Balaban J connectivity index is 1.91. The number of hydrogen-bond acceptors (Lipinski definition) is 5. The van der Waals surface area contributed by atoms with Crippen LogP contribution in [0.4, 0.5) is 5.69 Å². The molecule has 0 aromatic heterocycles. The molecule has 1 heterocycles. The molecule has 0 radical (unpaired) electrons. The van der Waals surface area contributed by atoms with E-state index in [1.54, 1.807) is 12.0 Å². The van der Waals surface area contributed by atoms with Crippen molar-refractivity contribution in [2.45, 2.75) is 13.3 Å². The second kappa shape index (κ2) is 8.53. The SMILES string of the molecule is CCCN(CC(=O)N1CCN(c2ccc(OC)cc2)CC1)S(C)(=O)=O. The summed E-state index contributed by atoms with van der Waals surface area (Å²) in [6.07, 6.45) is 1.84. The molecule has 7 nitrogen and oxygen atoms in total. The molecule has 1 fully saturated rings. The van der Waals surface area contributed by atoms with Crippen molar-refractivity contribution in [1.82, 2.24) is 9.21 Å². The Morgan fingerprint density at radius 3 is 2.24 bits per heavy atom. The molecule has 0 bridgehead atoms. The summed E-state index contributed by atoms with van der Waals surface area (Å²) in [4.78, 5) is 16.4. The number of ether oxygens (including phenoxy) is 1. The number of carbonyl (C=O) groups is 1. The van der Waals surface area contributed by atoms with Crippen LogP contribution < -0.4 is 9.64 Å². The number of amides is 1. The Morgan fingerprint density at radius 2 is 1.76 bits per heavy atom.